The molecule has 0 aliphatic carbocycles. The third kappa shape index (κ3) is 5.59. The molecule has 0 aromatic heterocycles. The van der Waals surface area contributed by atoms with Crippen LogP contribution in [-0.4, -0.2) is 50.2 Å². The predicted octanol–water partition coefficient (Wildman–Crippen LogP) is 2.08. The first-order valence-corrected chi connectivity index (χ1v) is 6.39. The maximum atomic E-state index is 12.8. The third-order valence-corrected chi connectivity index (χ3v) is 2.55. The van der Waals surface area contributed by atoms with Crippen LogP contribution >= 0.6 is 0 Å². The first-order chi connectivity index (χ1) is 9.98. The number of carbonyl (C=O) groups excluding carboxylic acids is 1. The molecule has 3 N–H and O–H groups in total. The summed E-state index contributed by atoms with van der Waals surface area (Å²) in [5.74, 6) is -15.4. The second-order valence-electron chi connectivity index (χ2n) is 4.38. The number of halogens is 7. The Morgan fingerprint density at radius 1 is 0.955 bits per heavy atom. The molecule has 0 amide bonds. The summed E-state index contributed by atoms with van der Waals surface area (Å²) in [7, 11) is 0. The van der Waals surface area contributed by atoms with E-state index in [-0.39, 0.29) is 13.0 Å². The number of nitrogens with two attached hydrogens (primary N) is 1. The van der Waals surface area contributed by atoms with Crippen LogP contribution < -0.4 is 11.1 Å². The number of esters is 1. The SMILES string of the molecule is NCCCCNCCCOC(=O)C(F)(F)C(F)(F)C(F)(F)F. The van der Waals surface area contributed by atoms with Gasteiger partial charge in [-0.05, 0) is 38.9 Å². The molecule has 11 heteroatoms. The first-order valence-electron chi connectivity index (χ1n) is 6.39. The lowest BCUT2D eigenvalue weighted by Gasteiger charge is -2.26. The molecule has 0 aromatic carbocycles. The van der Waals surface area contributed by atoms with Crippen LogP contribution in [0.3, 0.4) is 0 Å². The highest BCUT2D eigenvalue weighted by Gasteiger charge is 2.77. The van der Waals surface area contributed by atoms with E-state index in [9.17, 15) is 35.5 Å². The van der Waals surface area contributed by atoms with Crippen molar-refractivity contribution in [1.29, 1.82) is 0 Å². The van der Waals surface area contributed by atoms with E-state index in [4.69, 9.17) is 5.73 Å². The van der Waals surface area contributed by atoms with Gasteiger partial charge in [-0.15, -0.1) is 0 Å². The van der Waals surface area contributed by atoms with Crippen molar-refractivity contribution in [3.63, 3.8) is 0 Å². The van der Waals surface area contributed by atoms with Crippen molar-refractivity contribution < 1.29 is 40.3 Å². The predicted molar refractivity (Wildman–Crippen MR) is 62.7 cm³/mol. The zero-order chi connectivity index (χ0) is 17.4. The summed E-state index contributed by atoms with van der Waals surface area (Å²) in [6.07, 6.45) is -5.05. The van der Waals surface area contributed by atoms with Crippen molar-refractivity contribution >= 4 is 5.97 Å². The summed E-state index contributed by atoms with van der Waals surface area (Å²) in [6.45, 7) is 0.584. The lowest BCUT2D eigenvalue weighted by molar-refractivity contribution is -0.348. The average molecular weight is 342 g/mol. The minimum Gasteiger partial charge on any atom is -0.461 e. The largest absolute Gasteiger partial charge is 0.461 e. The van der Waals surface area contributed by atoms with E-state index in [1.165, 1.54) is 0 Å². The van der Waals surface area contributed by atoms with Gasteiger partial charge in [-0.2, -0.15) is 30.7 Å². The molecule has 22 heavy (non-hydrogen) atoms. The van der Waals surface area contributed by atoms with E-state index in [1.807, 2.05) is 0 Å². The van der Waals surface area contributed by atoms with E-state index in [2.05, 4.69) is 10.1 Å². The Hall–Kier alpha value is -1.10. The number of alkyl halides is 7. The van der Waals surface area contributed by atoms with Crippen LogP contribution in [0, 0.1) is 0 Å². The number of hydrogen-bond acceptors (Lipinski definition) is 4. The van der Waals surface area contributed by atoms with Gasteiger partial charge in [0.1, 0.15) is 0 Å². The number of unbranched alkanes of at least 4 members (excludes halogenated alkanes) is 1. The Morgan fingerprint density at radius 3 is 2.00 bits per heavy atom. The van der Waals surface area contributed by atoms with Crippen LogP contribution in [0.5, 0.6) is 0 Å². The van der Waals surface area contributed by atoms with Gasteiger partial charge in [-0.3, -0.25) is 0 Å². The number of ether oxygens (including phenoxy) is 1. The van der Waals surface area contributed by atoms with Crippen molar-refractivity contribution in [2.75, 3.05) is 26.2 Å². The normalized spacial score (nSPS) is 13.3. The summed E-state index contributed by atoms with van der Waals surface area (Å²) in [5.41, 5.74) is 5.23. The second kappa shape index (κ2) is 8.51. The molecule has 0 atom stereocenters. The first kappa shape index (κ1) is 20.9. The monoisotopic (exact) mass is 342 g/mol. The maximum absolute atomic E-state index is 12.8. The lowest BCUT2D eigenvalue weighted by Crippen LogP contribution is -2.56. The van der Waals surface area contributed by atoms with Crippen LogP contribution in [-0.2, 0) is 9.53 Å². The molecule has 0 aliphatic heterocycles. The number of rotatable bonds is 10. The Morgan fingerprint density at radius 2 is 1.50 bits per heavy atom. The van der Waals surface area contributed by atoms with Gasteiger partial charge in [-0.1, -0.05) is 0 Å². The molecule has 0 bridgehead atoms. The molecule has 132 valence electrons. The fourth-order valence-corrected chi connectivity index (χ4v) is 1.28. The van der Waals surface area contributed by atoms with E-state index in [0.717, 1.165) is 12.8 Å². The zero-order valence-electron chi connectivity index (χ0n) is 11.5. The number of carbonyl (C=O) groups is 1. The van der Waals surface area contributed by atoms with E-state index < -0.39 is 30.6 Å². The maximum Gasteiger partial charge on any atom is 0.460 e. The lowest BCUT2D eigenvalue weighted by atomic mass is 10.1. The molecule has 0 unspecified atom stereocenters. The molecule has 0 radical (unpaired) electrons. The standard InChI is InChI=1S/C11H17F7N2O2/c12-9(13,10(14,15)11(16,17)18)8(21)22-7-3-6-20-5-2-1-4-19/h20H,1-7,19H2. The van der Waals surface area contributed by atoms with Crippen molar-refractivity contribution in [2.24, 2.45) is 5.73 Å². The minimum atomic E-state index is -6.56. The van der Waals surface area contributed by atoms with Crippen molar-refractivity contribution in [3.8, 4) is 0 Å². The van der Waals surface area contributed by atoms with Gasteiger partial charge in [0.2, 0.25) is 0 Å². The van der Waals surface area contributed by atoms with Crippen LogP contribution in [0.1, 0.15) is 19.3 Å². The van der Waals surface area contributed by atoms with Gasteiger partial charge in [0.15, 0.2) is 0 Å². The molecule has 0 aliphatic rings. The van der Waals surface area contributed by atoms with E-state index >= 15 is 0 Å². The smallest absolute Gasteiger partial charge is 0.460 e. The van der Waals surface area contributed by atoms with Gasteiger partial charge in [0, 0.05) is 0 Å². The van der Waals surface area contributed by atoms with Crippen molar-refractivity contribution in [2.45, 2.75) is 37.3 Å². The van der Waals surface area contributed by atoms with Gasteiger partial charge in [0.05, 0.1) is 6.61 Å². The molecular weight excluding hydrogens is 325 g/mol. The van der Waals surface area contributed by atoms with Gasteiger partial charge in [-0.25, -0.2) is 4.79 Å². The number of hydrogen-bond donors (Lipinski definition) is 2. The van der Waals surface area contributed by atoms with Gasteiger partial charge >= 0.3 is 24.0 Å². The summed E-state index contributed by atoms with van der Waals surface area (Å²) >= 11 is 0. The second-order valence-corrected chi connectivity index (χ2v) is 4.38. The highest BCUT2D eigenvalue weighted by molar-refractivity contribution is 5.79. The van der Waals surface area contributed by atoms with Crippen LogP contribution in [0.25, 0.3) is 0 Å². The zero-order valence-corrected chi connectivity index (χ0v) is 11.5. The Labute approximate surface area is 122 Å². The molecule has 0 spiro atoms. The fourth-order valence-electron chi connectivity index (χ4n) is 1.28. The summed E-state index contributed by atoms with van der Waals surface area (Å²) in [4.78, 5) is 10.7. The molecule has 0 aromatic rings. The summed E-state index contributed by atoms with van der Waals surface area (Å²) in [5, 5.41) is 2.82. The molecule has 0 heterocycles. The summed E-state index contributed by atoms with van der Waals surface area (Å²) < 4.78 is 89.9. The third-order valence-electron chi connectivity index (χ3n) is 2.55. The van der Waals surface area contributed by atoms with Crippen molar-refractivity contribution in [1.82, 2.24) is 5.32 Å². The van der Waals surface area contributed by atoms with Gasteiger partial charge < -0.3 is 15.8 Å². The highest BCUT2D eigenvalue weighted by Crippen LogP contribution is 2.46. The molecular formula is C11H17F7N2O2. The Kier molecular flexibility index (Phi) is 8.09. The quantitative estimate of drug-likeness (QED) is 0.362. The van der Waals surface area contributed by atoms with Crippen LogP contribution in [0.15, 0.2) is 0 Å². The summed E-state index contributed by atoms with van der Waals surface area (Å²) in [6, 6.07) is 0. The molecule has 0 rings (SSSR count). The molecule has 0 fully saturated rings. The average Bonchev–Trinajstić information content (AvgIpc) is 2.39. The van der Waals surface area contributed by atoms with E-state index in [1.54, 1.807) is 0 Å². The Bertz CT molecular complexity index is 348. The molecule has 0 saturated carbocycles. The minimum absolute atomic E-state index is 0.0119. The fraction of sp³-hybridized carbons (Fsp3) is 0.909. The molecule has 4 nitrogen and oxygen atoms in total. The van der Waals surface area contributed by atoms with Gasteiger partial charge in [0.25, 0.3) is 0 Å². The van der Waals surface area contributed by atoms with E-state index in [0.29, 0.717) is 13.1 Å². The van der Waals surface area contributed by atoms with Crippen molar-refractivity contribution in [3.05, 3.63) is 0 Å². The molecule has 0 saturated heterocycles. The van der Waals surface area contributed by atoms with Crippen LogP contribution in [0.2, 0.25) is 0 Å². The topological polar surface area (TPSA) is 64.3 Å². The number of nitrogens with one attached hydrogen (secondary N) is 1. The Balaban J connectivity index is 4.16. The van der Waals surface area contributed by atoms with Crippen LogP contribution in [0.4, 0.5) is 30.7 Å². The highest BCUT2D eigenvalue weighted by atomic mass is 19.4.